The van der Waals surface area contributed by atoms with Crippen molar-refractivity contribution in [1.29, 1.82) is 0 Å². The molecule has 0 radical (unpaired) electrons. The molecule has 0 spiro atoms. The molecule has 1 rings (SSSR count). The zero-order valence-electron chi connectivity index (χ0n) is 11.7. The molecule has 20 heavy (non-hydrogen) atoms. The van der Waals surface area contributed by atoms with E-state index in [9.17, 15) is 9.59 Å². The predicted molar refractivity (Wildman–Crippen MR) is 74.2 cm³/mol. The van der Waals surface area contributed by atoms with E-state index in [0.717, 1.165) is 5.56 Å². The fraction of sp³-hybridized carbons (Fsp3) is 0.429. The molecule has 6 heteroatoms. The third kappa shape index (κ3) is 4.64. The molecule has 0 heterocycles. The van der Waals surface area contributed by atoms with Crippen LogP contribution in [0.4, 0.5) is 0 Å². The lowest BCUT2D eigenvalue weighted by atomic mass is 10.0. The molecule has 3 N–H and O–H groups in total. The van der Waals surface area contributed by atoms with Gasteiger partial charge in [-0.05, 0) is 12.5 Å². The Balaban J connectivity index is 2.81. The highest BCUT2D eigenvalue weighted by molar-refractivity contribution is 5.86. The second-order valence-corrected chi connectivity index (χ2v) is 4.53. The van der Waals surface area contributed by atoms with E-state index in [1.807, 2.05) is 19.1 Å². The minimum absolute atomic E-state index is 0.196. The van der Waals surface area contributed by atoms with Crippen molar-refractivity contribution < 1.29 is 19.4 Å². The van der Waals surface area contributed by atoms with Crippen LogP contribution in [-0.4, -0.2) is 48.7 Å². The Morgan fingerprint density at radius 2 is 1.95 bits per heavy atom. The third-order valence-electron chi connectivity index (χ3n) is 2.91. The number of nitrogens with zero attached hydrogens (tertiary/aromatic N) is 1. The molecule has 0 aliphatic rings. The Morgan fingerprint density at radius 1 is 1.35 bits per heavy atom. The van der Waals surface area contributed by atoms with Gasteiger partial charge in [0.2, 0.25) is 5.91 Å². The van der Waals surface area contributed by atoms with Crippen molar-refractivity contribution in [3.8, 4) is 0 Å². The normalized spacial score (nSPS) is 11.9. The van der Waals surface area contributed by atoms with E-state index in [0.29, 0.717) is 5.56 Å². The molecule has 0 saturated heterocycles. The van der Waals surface area contributed by atoms with E-state index in [1.165, 1.54) is 12.0 Å². The minimum Gasteiger partial charge on any atom is -0.480 e. The van der Waals surface area contributed by atoms with Gasteiger partial charge < -0.3 is 20.5 Å². The van der Waals surface area contributed by atoms with Gasteiger partial charge in [-0.2, -0.15) is 0 Å². The van der Waals surface area contributed by atoms with Crippen molar-refractivity contribution in [3.63, 3.8) is 0 Å². The van der Waals surface area contributed by atoms with E-state index in [1.54, 1.807) is 12.1 Å². The molecule has 0 aliphatic carbocycles. The second-order valence-electron chi connectivity index (χ2n) is 4.53. The number of carboxylic acid groups (broad SMARTS) is 1. The van der Waals surface area contributed by atoms with Gasteiger partial charge in [-0.3, -0.25) is 9.59 Å². The van der Waals surface area contributed by atoms with E-state index in [-0.39, 0.29) is 19.7 Å². The first-order valence-electron chi connectivity index (χ1n) is 6.27. The summed E-state index contributed by atoms with van der Waals surface area (Å²) in [6.07, 6.45) is 0. The molecular weight excluding hydrogens is 260 g/mol. The number of carbonyl (C=O) groups is 2. The first-order valence-corrected chi connectivity index (χ1v) is 6.27. The predicted octanol–water partition coefficient (Wildman–Crippen LogP) is 0.554. The number of rotatable bonds is 7. The Labute approximate surface area is 118 Å². The molecule has 6 nitrogen and oxygen atoms in total. The maximum Gasteiger partial charge on any atom is 0.323 e. The molecule has 1 aromatic carbocycles. The third-order valence-corrected chi connectivity index (χ3v) is 2.91. The number of benzene rings is 1. The van der Waals surface area contributed by atoms with Crippen LogP contribution < -0.4 is 5.73 Å². The van der Waals surface area contributed by atoms with Crippen LogP contribution in [-0.2, 0) is 14.3 Å². The van der Waals surface area contributed by atoms with Gasteiger partial charge in [0.15, 0.2) is 0 Å². The molecule has 1 aromatic rings. The summed E-state index contributed by atoms with van der Waals surface area (Å²) in [6.45, 7) is 2.01. The van der Waals surface area contributed by atoms with E-state index in [4.69, 9.17) is 15.6 Å². The Bertz CT molecular complexity index is 459. The largest absolute Gasteiger partial charge is 0.480 e. The maximum absolute atomic E-state index is 12.3. The summed E-state index contributed by atoms with van der Waals surface area (Å²) in [7, 11) is 1.49. The monoisotopic (exact) mass is 280 g/mol. The second kappa shape index (κ2) is 7.62. The lowest BCUT2D eigenvalue weighted by Gasteiger charge is -2.24. The molecule has 0 fully saturated rings. The highest BCUT2D eigenvalue weighted by Gasteiger charge is 2.23. The highest BCUT2D eigenvalue weighted by Crippen LogP contribution is 2.14. The van der Waals surface area contributed by atoms with Gasteiger partial charge in [0.05, 0.1) is 6.61 Å². The molecule has 110 valence electrons. The number of hydrogen-bond acceptors (Lipinski definition) is 4. The molecule has 0 aromatic heterocycles. The first kappa shape index (κ1) is 16.1. The van der Waals surface area contributed by atoms with Gasteiger partial charge in [0.25, 0.3) is 0 Å². The number of carboxylic acids is 1. The smallest absolute Gasteiger partial charge is 0.323 e. The number of methoxy groups -OCH3 is 1. The van der Waals surface area contributed by atoms with Gasteiger partial charge in [0, 0.05) is 13.7 Å². The standard InChI is InChI=1S/C14H20N2O4/c1-10-3-5-11(6-4-10)13(15)14(19)16(7-8-20-2)9-12(17)18/h3-6,13H,7-9,15H2,1-2H3,(H,17,18). The van der Waals surface area contributed by atoms with Gasteiger partial charge in [-0.1, -0.05) is 29.8 Å². The molecule has 1 unspecified atom stereocenters. The summed E-state index contributed by atoms with van der Waals surface area (Å²) in [5, 5.41) is 8.85. The van der Waals surface area contributed by atoms with Gasteiger partial charge in [0.1, 0.15) is 12.6 Å². The van der Waals surface area contributed by atoms with Crippen LogP contribution in [0, 0.1) is 6.92 Å². The number of nitrogens with two attached hydrogens (primary N) is 1. The van der Waals surface area contributed by atoms with Gasteiger partial charge in [-0.25, -0.2) is 0 Å². The van der Waals surface area contributed by atoms with Crippen molar-refractivity contribution >= 4 is 11.9 Å². The number of carbonyl (C=O) groups excluding carboxylic acids is 1. The minimum atomic E-state index is -1.08. The topological polar surface area (TPSA) is 92.9 Å². The summed E-state index contributed by atoms with van der Waals surface area (Å²) in [5.74, 6) is -1.50. The van der Waals surface area contributed by atoms with Crippen LogP contribution in [0.2, 0.25) is 0 Å². The van der Waals surface area contributed by atoms with E-state index >= 15 is 0 Å². The summed E-state index contributed by atoms with van der Waals surface area (Å²) < 4.78 is 4.88. The summed E-state index contributed by atoms with van der Waals surface area (Å²) in [4.78, 5) is 24.2. The highest BCUT2D eigenvalue weighted by atomic mass is 16.5. The maximum atomic E-state index is 12.3. The number of ether oxygens (including phenoxy) is 1. The lowest BCUT2D eigenvalue weighted by molar-refractivity contribution is -0.145. The van der Waals surface area contributed by atoms with Crippen LogP contribution in [0.15, 0.2) is 24.3 Å². The Hall–Kier alpha value is -1.92. The van der Waals surface area contributed by atoms with Crippen molar-refractivity contribution in [2.75, 3.05) is 26.8 Å². The van der Waals surface area contributed by atoms with Crippen LogP contribution in [0.25, 0.3) is 0 Å². The van der Waals surface area contributed by atoms with Crippen molar-refractivity contribution in [1.82, 2.24) is 4.90 Å². The Kier molecular flexibility index (Phi) is 6.14. The van der Waals surface area contributed by atoms with Crippen LogP contribution in [0.1, 0.15) is 17.2 Å². The van der Waals surface area contributed by atoms with E-state index in [2.05, 4.69) is 0 Å². The molecule has 0 bridgehead atoms. The number of aliphatic carboxylic acids is 1. The molecule has 1 amide bonds. The SMILES string of the molecule is COCCN(CC(=O)O)C(=O)C(N)c1ccc(C)cc1. The summed E-state index contributed by atoms with van der Waals surface area (Å²) >= 11 is 0. The summed E-state index contributed by atoms with van der Waals surface area (Å²) in [6, 6.07) is 6.39. The lowest BCUT2D eigenvalue weighted by Crippen LogP contribution is -2.43. The molecule has 1 atom stereocenters. The first-order chi connectivity index (χ1) is 9.45. The average Bonchev–Trinajstić information content (AvgIpc) is 2.42. The summed E-state index contributed by atoms with van der Waals surface area (Å²) in [5.41, 5.74) is 7.64. The number of hydrogen-bond donors (Lipinski definition) is 2. The fourth-order valence-corrected chi connectivity index (χ4v) is 1.74. The number of amides is 1. The Morgan fingerprint density at radius 3 is 2.45 bits per heavy atom. The van der Waals surface area contributed by atoms with Crippen molar-refractivity contribution in [2.24, 2.45) is 5.73 Å². The molecule has 0 aliphatic heterocycles. The zero-order chi connectivity index (χ0) is 15.1. The van der Waals surface area contributed by atoms with Crippen molar-refractivity contribution in [2.45, 2.75) is 13.0 Å². The molecular formula is C14H20N2O4. The van der Waals surface area contributed by atoms with Crippen LogP contribution in [0.3, 0.4) is 0 Å². The van der Waals surface area contributed by atoms with Crippen LogP contribution in [0.5, 0.6) is 0 Å². The quantitative estimate of drug-likeness (QED) is 0.761. The van der Waals surface area contributed by atoms with E-state index < -0.39 is 17.9 Å². The van der Waals surface area contributed by atoms with Gasteiger partial charge >= 0.3 is 5.97 Å². The zero-order valence-corrected chi connectivity index (χ0v) is 11.7. The van der Waals surface area contributed by atoms with Crippen LogP contribution >= 0.6 is 0 Å². The molecule has 0 saturated carbocycles. The fourth-order valence-electron chi connectivity index (χ4n) is 1.74. The van der Waals surface area contributed by atoms with Crippen molar-refractivity contribution in [3.05, 3.63) is 35.4 Å². The average molecular weight is 280 g/mol. The number of aryl methyl sites for hydroxylation is 1. The van der Waals surface area contributed by atoms with Gasteiger partial charge in [-0.15, -0.1) is 0 Å².